The van der Waals surface area contributed by atoms with Gasteiger partial charge in [0.25, 0.3) is 0 Å². The maximum Gasteiger partial charge on any atom is 0 e. The zero-order valence-electron chi connectivity index (χ0n) is 36.7. The summed E-state index contributed by atoms with van der Waals surface area (Å²) in [7, 11) is 0. The van der Waals surface area contributed by atoms with E-state index in [9.17, 15) is 0 Å². The number of rotatable bonds is 0. The van der Waals surface area contributed by atoms with Crippen LogP contribution in [0.1, 0.15) is 6.92 Å². The summed E-state index contributed by atoms with van der Waals surface area (Å²) in [5, 5.41) is 0. The average Bonchev–Trinajstić information content (AvgIpc) is 3.39. The van der Waals surface area contributed by atoms with E-state index in [1.165, 1.54) is 0 Å². The topological polar surface area (TPSA) is 0 Å². The normalized spacial score (nSPS) is 3.96. The third-order valence-electron chi connectivity index (χ3n) is 4.40. The summed E-state index contributed by atoms with van der Waals surface area (Å²) in [6.45, 7) is 5.00. The van der Waals surface area contributed by atoms with Gasteiger partial charge in [-0.2, -0.15) is 6.92 Å². The molecule has 0 aliphatic rings. The molecule has 0 nitrogen and oxygen atoms in total. The van der Waals surface area contributed by atoms with Crippen molar-refractivity contribution in [2.24, 2.45) is 0 Å². The van der Waals surface area contributed by atoms with E-state index in [1.54, 1.807) is 6.92 Å². The zero-order valence-corrected chi connectivity index (χ0v) is 36.7. The first kappa shape index (κ1) is 56.5. The molecule has 0 heterocycles. The van der Waals surface area contributed by atoms with Crippen LogP contribution in [0.15, 0.2) is 0 Å². The molecular weight excluding hydrogens is 865 g/mol. The van der Waals surface area contributed by atoms with Gasteiger partial charge in [0.1, 0.15) is 0 Å². The number of hydrogen-bond donors (Lipinski definition) is 0. The van der Waals surface area contributed by atoms with Crippen molar-refractivity contribution in [1.82, 2.24) is 0 Å². The van der Waals surface area contributed by atoms with Gasteiger partial charge in [0.2, 0.25) is 0 Å². The van der Waals surface area contributed by atoms with Crippen molar-refractivity contribution in [2.75, 3.05) is 0 Å². The molecule has 0 fully saturated rings. The fraction of sp³-hybridized carbons (Fsp3) is 0.0139. The van der Waals surface area contributed by atoms with E-state index in [1.807, 2.05) is 0 Å². The van der Waals surface area contributed by atoms with Crippen LogP contribution >= 0.6 is 0 Å². The molecule has 0 bridgehead atoms. The van der Waals surface area contributed by atoms with Crippen molar-refractivity contribution in [3.05, 3.63) is 6.92 Å². The quantitative estimate of drug-likeness (QED) is 0.252. The standard InChI is InChI=1S/C72H5/c1-3-5-7-9-11-13-15-17-19-21-23-25-27-29-31-33-35-37-39-41-43-45-47-49-51-53-55-57-59-61-63-65-67-69-71-72-70-68-66-64-62-60-58-56-54-52-50-48-46-44-42-40-38-36-34-32-30-28-26-24-22-20-18-16-14-12-10-8-6-4-2/h1H2,2H3/q-1. The van der Waals surface area contributed by atoms with Crippen molar-refractivity contribution in [1.29, 1.82) is 0 Å². The van der Waals surface area contributed by atoms with Gasteiger partial charge in [0, 0.05) is 296 Å². The molecule has 0 heteroatoms. The van der Waals surface area contributed by atoms with Crippen LogP contribution in [0.5, 0.6) is 0 Å². The molecular formula is C72H5-. The van der Waals surface area contributed by atoms with E-state index in [-0.39, 0.29) is 0 Å². The second-order valence-electron chi connectivity index (χ2n) is 8.93. The van der Waals surface area contributed by atoms with E-state index in [2.05, 4.69) is 421 Å². The highest BCUT2D eigenvalue weighted by atomic mass is 13.7. The van der Waals surface area contributed by atoms with Crippen molar-refractivity contribution >= 4 is 0 Å². The molecule has 0 aliphatic carbocycles. The van der Waals surface area contributed by atoms with Gasteiger partial charge in [-0.1, -0.05) is 5.92 Å². The Morgan fingerprint density at radius 1 is 0.111 bits per heavy atom. The third kappa shape index (κ3) is 54.5. The van der Waals surface area contributed by atoms with Gasteiger partial charge in [0.05, 0.1) is 0 Å². The molecule has 0 unspecified atom stereocenters. The number of hydrogen-bond acceptors (Lipinski definition) is 0. The summed E-state index contributed by atoms with van der Waals surface area (Å²) < 4.78 is 0. The van der Waals surface area contributed by atoms with Crippen molar-refractivity contribution in [2.45, 2.75) is 6.92 Å². The first-order valence-corrected chi connectivity index (χ1v) is 18.1. The molecule has 72 heavy (non-hydrogen) atoms. The fourth-order valence-corrected chi connectivity index (χ4v) is 2.17. The van der Waals surface area contributed by atoms with Gasteiger partial charge in [-0.15, -0.1) is 5.92 Å². The van der Waals surface area contributed by atoms with Gasteiger partial charge in [-0.3, -0.25) is 5.92 Å². The second-order valence-corrected chi connectivity index (χ2v) is 8.93. The van der Waals surface area contributed by atoms with E-state index in [0.29, 0.717) is 0 Å². The fourth-order valence-electron chi connectivity index (χ4n) is 2.17. The van der Waals surface area contributed by atoms with Gasteiger partial charge in [0.15, 0.2) is 0 Å². The van der Waals surface area contributed by atoms with E-state index >= 15 is 0 Å². The predicted octanol–water partition coefficient (Wildman–Crippen LogP) is 0.959. The van der Waals surface area contributed by atoms with E-state index in [0.717, 1.165) is 0 Å². The maximum absolute atomic E-state index is 3.32. The molecule has 0 saturated heterocycles. The lowest BCUT2D eigenvalue weighted by Crippen LogP contribution is -1.57. The Kier molecular flexibility index (Phi) is 43.5. The monoisotopic (exact) mass is 869 g/mol. The SMILES string of the molecule is [CH2-]C#CC#CC#CC#CC#CC#CC#CC#CC#CC#CC#CC#CC#CC#CC#CC#CC#CC#CC#CC#CC#CC#CC#CC#CC#CC#CC#CC#CC#CC#CC#CC#CC#CC#CC#CC. The summed E-state index contributed by atoms with van der Waals surface area (Å²) >= 11 is 0. The summed E-state index contributed by atoms with van der Waals surface area (Å²) in [6, 6.07) is 0. The molecule has 0 atom stereocenters. The molecule has 0 spiro atoms. The Morgan fingerprint density at radius 2 is 0.181 bits per heavy atom. The van der Waals surface area contributed by atoms with Crippen molar-refractivity contribution in [3.63, 3.8) is 0 Å². The first-order chi connectivity index (χ1) is 35.9. The lowest BCUT2D eigenvalue weighted by molar-refractivity contribution is 1.92. The molecule has 0 aliphatic heterocycles. The zero-order chi connectivity index (χ0) is 51.5. The van der Waals surface area contributed by atoms with Crippen molar-refractivity contribution < 1.29 is 0 Å². The van der Waals surface area contributed by atoms with Crippen LogP contribution in [0.2, 0.25) is 0 Å². The van der Waals surface area contributed by atoms with E-state index < -0.39 is 0 Å². The summed E-state index contributed by atoms with van der Waals surface area (Å²) in [5.41, 5.74) is 0. The Bertz CT molecular complexity index is 4420. The van der Waals surface area contributed by atoms with Gasteiger partial charge in [-0.25, -0.2) is 5.92 Å². The van der Waals surface area contributed by atoms with Crippen LogP contribution in [0, 0.1) is 421 Å². The molecule has 0 saturated carbocycles. The van der Waals surface area contributed by atoms with Crippen LogP contribution in [-0.4, -0.2) is 0 Å². The predicted molar refractivity (Wildman–Crippen MR) is 283 cm³/mol. The largest absolute Gasteiger partial charge is 0.284 e. The summed E-state index contributed by atoms with van der Waals surface area (Å²) in [5.74, 6) is 175. The molecule has 0 aromatic rings. The Hall–Kier alpha value is -15.5. The van der Waals surface area contributed by atoms with Crippen LogP contribution in [-0.2, 0) is 0 Å². The minimum atomic E-state index is 1.68. The molecule has 0 aromatic carbocycles. The lowest BCUT2D eigenvalue weighted by atomic mass is 10.4. The van der Waals surface area contributed by atoms with Gasteiger partial charge in [-0.05, 0) is 102 Å². The lowest BCUT2D eigenvalue weighted by Gasteiger charge is -1.64. The van der Waals surface area contributed by atoms with Crippen LogP contribution in [0.4, 0.5) is 0 Å². The molecule has 294 valence electrons. The minimum absolute atomic E-state index is 1.68. The van der Waals surface area contributed by atoms with Crippen LogP contribution in [0.3, 0.4) is 0 Å². The average molecular weight is 870 g/mol. The van der Waals surface area contributed by atoms with Crippen LogP contribution in [0.25, 0.3) is 0 Å². The summed E-state index contributed by atoms with van der Waals surface area (Å²) in [4.78, 5) is 0. The van der Waals surface area contributed by atoms with Crippen LogP contribution < -0.4 is 0 Å². The van der Waals surface area contributed by atoms with Gasteiger partial charge < -0.3 is 0 Å². The Balaban J connectivity index is 4.61. The van der Waals surface area contributed by atoms with Gasteiger partial charge >= 0.3 is 0 Å². The smallest absolute Gasteiger partial charge is 0 e. The van der Waals surface area contributed by atoms with E-state index in [4.69, 9.17) is 0 Å². The molecule has 0 radical (unpaired) electrons. The minimum Gasteiger partial charge on any atom is -0.284 e. The third-order valence-corrected chi connectivity index (χ3v) is 4.40. The molecule has 0 rings (SSSR count). The molecule has 0 aromatic heterocycles. The molecule has 0 N–H and O–H groups in total. The second kappa shape index (κ2) is 55.5. The maximum atomic E-state index is 3.32. The Labute approximate surface area is 426 Å². The first-order valence-electron chi connectivity index (χ1n) is 18.1. The molecule has 0 amide bonds. The van der Waals surface area contributed by atoms with Crippen molar-refractivity contribution in [3.8, 4) is 414 Å². The summed E-state index contributed by atoms with van der Waals surface area (Å²) in [6.07, 6.45) is 0. The highest BCUT2D eigenvalue weighted by Gasteiger charge is 1.64. The Morgan fingerprint density at radius 3 is 0.250 bits per heavy atom. The highest BCUT2D eigenvalue weighted by Crippen LogP contribution is 1.64. The highest BCUT2D eigenvalue weighted by molar-refractivity contribution is 5.53.